The maximum atomic E-state index is 13.2. The van der Waals surface area contributed by atoms with Gasteiger partial charge in [-0.2, -0.15) is 5.10 Å². The predicted molar refractivity (Wildman–Crippen MR) is 141 cm³/mol. The fourth-order valence-corrected chi connectivity index (χ4v) is 3.74. The Bertz CT molecular complexity index is 1360. The first kappa shape index (κ1) is 25.3. The van der Waals surface area contributed by atoms with Crippen LogP contribution in [0.2, 0.25) is 0 Å². The highest BCUT2D eigenvalue weighted by Gasteiger charge is 2.39. The number of hydrazone groups is 1. The normalized spacial score (nSPS) is 11.2. The molecule has 2 N–H and O–H groups in total. The van der Waals surface area contributed by atoms with E-state index < -0.39 is 17.5 Å². The van der Waals surface area contributed by atoms with Crippen molar-refractivity contribution in [1.29, 1.82) is 0 Å². The van der Waals surface area contributed by atoms with Gasteiger partial charge in [-0.05, 0) is 53.9 Å². The predicted octanol–water partition coefficient (Wildman–Crippen LogP) is 4.61. The number of hydrogen-bond acceptors (Lipinski definition) is 6. The summed E-state index contributed by atoms with van der Waals surface area (Å²) < 4.78 is 10.9. The molecule has 4 rings (SSSR count). The van der Waals surface area contributed by atoms with Crippen molar-refractivity contribution in [3.05, 3.63) is 131 Å². The summed E-state index contributed by atoms with van der Waals surface area (Å²) in [6.07, 6.45) is 1.39. The first-order chi connectivity index (χ1) is 17.9. The average molecular weight is 495 g/mol. The second-order valence-corrected chi connectivity index (χ2v) is 8.31. The van der Waals surface area contributed by atoms with Crippen molar-refractivity contribution in [2.45, 2.75) is 12.5 Å². The highest BCUT2D eigenvalue weighted by molar-refractivity contribution is 5.93. The molecule has 7 nitrogen and oxygen atoms in total. The number of methoxy groups -OCH3 is 1. The highest BCUT2D eigenvalue weighted by atomic mass is 16.6. The standard InChI is InChI=1S/C30H26N2O5/c1-21-13-16-23(17-14-21)28(33)37-27-19-22(15-18-26(27)36-2)20-31-32-29(34)30(35,24-9-5-3-6-10-24)25-11-7-4-8-12-25/h3-20,35H,1-2H3,(H,32,34)/b31-20-. The Hall–Kier alpha value is -4.75. The van der Waals surface area contributed by atoms with E-state index in [0.29, 0.717) is 28.0 Å². The first-order valence-electron chi connectivity index (χ1n) is 11.6. The van der Waals surface area contributed by atoms with Crippen LogP contribution in [0.5, 0.6) is 11.5 Å². The average Bonchev–Trinajstić information content (AvgIpc) is 2.94. The van der Waals surface area contributed by atoms with E-state index in [-0.39, 0.29) is 5.75 Å². The monoisotopic (exact) mass is 494 g/mol. The number of aryl methyl sites for hydroxylation is 1. The maximum Gasteiger partial charge on any atom is 0.343 e. The summed E-state index contributed by atoms with van der Waals surface area (Å²) in [5.41, 5.74) is 3.26. The Balaban J connectivity index is 1.54. The van der Waals surface area contributed by atoms with Crippen LogP contribution in [0.4, 0.5) is 0 Å². The van der Waals surface area contributed by atoms with Crippen molar-refractivity contribution in [2.75, 3.05) is 7.11 Å². The van der Waals surface area contributed by atoms with Crippen LogP contribution in [0.15, 0.2) is 108 Å². The number of carbonyl (C=O) groups is 2. The van der Waals surface area contributed by atoms with Gasteiger partial charge in [0.1, 0.15) is 0 Å². The first-order valence-corrected chi connectivity index (χ1v) is 11.6. The lowest BCUT2D eigenvalue weighted by Crippen LogP contribution is -2.43. The van der Waals surface area contributed by atoms with Gasteiger partial charge in [0.2, 0.25) is 0 Å². The summed E-state index contributed by atoms with van der Waals surface area (Å²) in [6.45, 7) is 1.93. The lowest BCUT2D eigenvalue weighted by atomic mass is 9.85. The van der Waals surface area contributed by atoms with Crippen LogP contribution >= 0.6 is 0 Å². The van der Waals surface area contributed by atoms with Gasteiger partial charge in [0, 0.05) is 0 Å². The zero-order chi connectivity index (χ0) is 26.3. The number of benzene rings is 4. The minimum absolute atomic E-state index is 0.202. The van der Waals surface area contributed by atoms with Crippen molar-refractivity contribution in [2.24, 2.45) is 5.10 Å². The van der Waals surface area contributed by atoms with Gasteiger partial charge in [0.05, 0.1) is 18.9 Å². The number of aliphatic hydroxyl groups is 1. The molecule has 0 spiro atoms. The fourth-order valence-electron chi connectivity index (χ4n) is 3.74. The SMILES string of the molecule is COc1ccc(/C=N\NC(=O)C(O)(c2ccccc2)c2ccccc2)cc1OC(=O)c1ccc(C)cc1. The van der Waals surface area contributed by atoms with Crippen LogP contribution in [0.25, 0.3) is 0 Å². The van der Waals surface area contributed by atoms with Gasteiger partial charge in [-0.3, -0.25) is 4.79 Å². The molecule has 0 unspecified atom stereocenters. The number of carbonyl (C=O) groups excluding carboxylic acids is 2. The third-order valence-corrected chi connectivity index (χ3v) is 5.77. The van der Waals surface area contributed by atoms with E-state index in [1.54, 1.807) is 91.0 Å². The van der Waals surface area contributed by atoms with Gasteiger partial charge in [-0.15, -0.1) is 0 Å². The minimum atomic E-state index is -1.95. The summed E-state index contributed by atoms with van der Waals surface area (Å²) >= 11 is 0. The second kappa shape index (κ2) is 11.3. The van der Waals surface area contributed by atoms with Gasteiger partial charge < -0.3 is 14.6 Å². The summed E-state index contributed by atoms with van der Waals surface area (Å²) in [4.78, 5) is 25.8. The molecule has 0 aliphatic heterocycles. The van der Waals surface area contributed by atoms with E-state index in [9.17, 15) is 14.7 Å². The molecule has 0 aliphatic carbocycles. The number of nitrogens with one attached hydrogen (secondary N) is 1. The number of amides is 1. The molecule has 7 heteroatoms. The number of hydrogen-bond donors (Lipinski definition) is 2. The van der Waals surface area contributed by atoms with Crippen LogP contribution in [-0.4, -0.2) is 30.3 Å². The Morgan fingerprint density at radius 3 is 2.00 bits per heavy atom. The Labute approximate surface area is 215 Å². The van der Waals surface area contributed by atoms with E-state index in [1.165, 1.54) is 13.3 Å². The van der Waals surface area contributed by atoms with E-state index in [1.807, 2.05) is 19.1 Å². The number of ether oxygens (including phenoxy) is 2. The third kappa shape index (κ3) is 5.74. The van der Waals surface area contributed by atoms with Crippen molar-refractivity contribution in [3.8, 4) is 11.5 Å². The van der Waals surface area contributed by atoms with Crippen molar-refractivity contribution < 1.29 is 24.2 Å². The maximum absolute atomic E-state index is 13.2. The summed E-state index contributed by atoms with van der Waals surface area (Å²) in [5.74, 6) is -0.685. The van der Waals surface area contributed by atoms with Crippen molar-refractivity contribution >= 4 is 18.1 Å². The zero-order valence-corrected chi connectivity index (χ0v) is 20.4. The summed E-state index contributed by atoms with van der Waals surface area (Å²) in [5, 5.41) is 15.5. The van der Waals surface area contributed by atoms with Crippen LogP contribution in [0, 0.1) is 6.92 Å². The second-order valence-electron chi connectivity index (χ2n) is 8.31. The van der Waals surface area contributed by atoms with E-state index in [4.69, 9.17) is 9.47 Å². The van der Waals surface area contributed by atoms with Crippen LogP contribution in [-0.2, 0) is 10.4 Å². The van der Waals surface area contributed by atoms with Gasteiger partial charge in [0.25, 0.3) is 5.91 Å². The molecular formula is C30H26N2O5. The smallest absolute Gasteiger partial charge is 0.343 e. The molecule has 0 saturated heterocycles. The quantitative estimate of drug-likeness (QED) is 0.161. The van der Waals surface area contributed by atoms with Crippen LogP contribution < -0.4 is 14.9 Å². The molecule has 0 saturated carbocycles. The Morgan fingerprint density at radius 1 is 0.838 bits per heavy atom. The van der Waals surface area contributed by atoms with Crippen molar-refractivity contribution in [1.82, 2.24) is 5.43 Å². The van der Waals surface area contributed by atoms with E-state index >= 15 is 0 Å². The molecule has 4 aromatic carbocycles. The lowest BCUT2D eigenvalue weighted by molar-refractivity contribution is -0.136. The molecule has 0 aliphatic rings. The molecule has 4 aromatic rings. The topological polar surface area (TPSA) is 97.2 Å². The largest absolute Gasteiger partial charge is 0.493 e. The van der Waals surface area contributed by atoms with Crippen molar-refractivity contribution in [3.63, 3.8) is 0 Å². The summed E-state index contributed by atoms with van der Waals surface area (Å²) in [6, 6.07) is 29.2. The minimum Gasteiger partial charge on any atom is -0.493 e. The molecule has 0 fully saturated rings. The van der Waals surface area contributed by atoms with Crippen LogP contribution in [0.1, 0.15) is 32.6 Å². The zero-order valence-electron chi connectivity index (χ0n) is 20.4. The van der Waals surface area contributed by atoms with Gasteiger partial charge in [-0.25, -0.2) is 10.2 Å². The molecular weight excluding hydrogens is 468 g/mol. The van der Waals surface area contributed by atoms with Crippen LogP contribution in [0.3, 0.4) is 0 Å². The van der Waals surface area contributed by atoms with Gasteiger partial charge >= 0.3 is 5.97 Å². The Morgan fingerprint density at radius 2 is 1.43 bits per heavy atom. The number of esters is 1. The molecule has 0 heterocycles. The molecule has 0 radical (unpaired) electrons. The fraction of sp³-hybridized carbons (Fsp3) is 0.100. The lowest BCUT2D eigenvalue weighted by Gasteiger charge is -2.27. The molecule has 186 valence electrons. The third-order valence-electron chi connectivity index (χ3n) is 5.77. The summed E-state index contributed by atoms with van der Waals surface area (Å²) in [7, 11) is 1.47. The molecule has 37 heavy (non-hydrogen) atoms. The van der Waals surface area contributed by atoms with Gasteiger partial charge in [0.15, 0.2) is 17.1 Å². The van der Waals surface area contributed by atoms with E-state index in [0.717, 1.165) is 5.56 Å². The molecule has 1 amide bonds. The Kier molecular flexibility index (Phi) is 7.76. The number of nitrogens with zero attached hydrogens (tertiary/aromatic N) is 1. The molecule has 0 aromatic heterocycles. The van der Waals surface area contributed by atoms with E-state index in [2.05, 4.69) is 10.5 Å². The molecule has 0 atom stereocenters. The molecule has 0 bridgehead atoms. The highest BCUT2D eigenvalue weighted by Crippen LogP contribution is 2.30. The number of rotatable bonds is 8. The van der Waals surface area contributed by atoms with Gasteiger partial charge in [-0.1, -0.05) is 78.4 Å².